The van der Waals surface area contributed by atoms with Crippen LogP contribution in [0.3, 0.4) is 0 Å². The highest BCUT2D eigenvalue weighted by atomic mass is 32.2. The van der Waals surface area contributed by atoms with Crippen LogP contribution in [0.1, 0.15) is 32.6 Å². The first kappa shape index (κ1) is 21.0. The minimum atomic E-state index is -3.79. The van der Waals surface area contributed by atoms with Crippen LogP contribution in [0.25, 0.3) is 0 Å². The van der Waals surface area contributed by atoms with E-state index < -0.39 is 26.1 Å². The zero-order chi connectivity index (χ0) is 20.4. The zero-order valence-corrected chi connectivity index (χ0v) is 17.3. The molecule has 1 unspecified atom stereocenters. The lowest BCUT2D eigenvalue weighted by Gasteiger charge is -2.32. The molecule has 156 valence electrons. The predicted molar refractivity (Wildman–Crippen MR) is 102 cm³/mol. The fourth-order valence-electron chi connectivity index (χ4n) is 3.05. The van der Waals surface area contributed by atoms with E-state index >= 15 is 0 Å². The van der Waals surface area contributed by atoms with Gasteiger partial charge in [0.25, 0.3) is 0 Å². The van der Waals surface area contributed by atoms with Gasteiger partial charge in [-0.05, 0) is 56.9 Å². The SMILES string of the molecule is CCOC(=O)NC1CCCN(S(=O)(=O)c2ccc(S(=O)(=O)NC3CC3)cc2)C1. The Morgan fingerprint density at radius 2 is 1.71 bits per heavy atom. The quantitative estimate of drug-likeness (QED) is 0.665. The van der Waals surface area contributed by atoms with Crippen molar-refractivity contribution in [3.05, 3.63) is 24.3 Å². The van der Waals surface area contributed by atoms with Gasteiger partial charge < -0.3 is 10.1 Å². The minimum Gasteiger partial charge on any atom is -0.450 e. The third kappa shape index (κ3) is 5.02. The number of nitrogens with zero attached hydrogens (tertiary/aromatic N) is 1. The molecule has 9 nitrogen and oxygen atoms in total. The number of carbonyl (C=O) groups excluding carboxylic acids is 1. The highest BCUT2D eigenvalue weighted by Gasteiger charge is 2.32. The number of amides is 1. The van der Waals surface area contributed by atoms with Gasteiger partial charge in [-0.15, -0.1) is 0 Å². The van der Waals surface area contributed by atoms with E-state index in [4.69, 9.17) is 4.74 Å². The van der Waals surface area contributed by atoms with Crippen LogP contribution in [0.4, 0.5) is 4.79 Å². The minimum absolute atomic E-state index is 0.0226. The lowest BCUT2D eigenvalue weighted by atomic mass is 10.1. The molecule has 1 aromatic carbocycles. The molecule has 2 N–H and O–H groups in total. The first-order chi connectivity index (χ1) is 13.2. The highest BCUT2D eigenvalue weighted by Crippen LogP contribution is 2.24. The molecule has 0 bridgehead atoms. The van der Waals surface area contributed by atoms with E-state index in [0.717, 1.165) is 12.8 Å². The molecule has 11 heteroatoms. The number of ether oxygens (including phenoxy) is 1. The molecule has 1 atom stereocenters. The van der Waals surface area contributed by atoms with Gasteiger partial charge in [0, 0.05) is 25.2 Å². The number of rotatable bonds is 7. The summed E-state index contributed by atoms with van der Waals surface area (Å²) < 4.78 is 59.0. The summed E-state index contributed by atoms with van der Waals surface area (Å²) in [6.45, 7) is 2.42. The summed E-state index contributed by atoms with van der Waals surface area (Å²) in [6, 6.07) is 4.86. The summed E-state index contributed by atoms with van der Waals surface area (Å²) in [5.74, 6) is 0. The summed E-state index contributed by atoms with van der Waals surface area (Å²) in [4.78, 5) is 11.6. The van der Waals surface area contributed by atoms with Crippen LogP contribution in [0, 0.1) is 0 Å². The van der Waals surface area contributed by atoms with Gasteiger partial charge in [-0.25, -0.2) is 26.4 Å². The summed E-state index contributed by atoms with van der Waals surface area (Å²) in [7, 11) is -7.42. The number of alkyl carbamates (subject to hydrolysis) is 1. The monoisotopic (exact) mass is 431 g/mol. The number of hydrogen-bond donors (Lipinski definition) is 2. The van der Waals surface area contributed by atoms with Crippen LogP contribution >= 0.6 is 0 Å². The lowest BCUT2D eigenvalue weighted by Crippen LogP contribution is -2.49. The van der Waals surface area contributed by atoms with Crippen LogP contribution in [-0.2, 0) is 24.8 Å². The van der Waals surface area contributed by atoms with Crippen molar-refractivity contribution in [2.75, 3.05) is 19.7 Å². The largest absolute Gasteiger partial charge is 0.450 e. The molecule has 3 rings (SSSR count). The molecule has 0 radical (unpaired) electrons. The predicted octanol–water partition coefficient (Wildman–Crippen LogP) is 1.03. The fourth-order valence-corrected chi connectivity index (χ4v) is 5.88. The average molecular weight is 432 g/mol. The second kappa shape index (κ2) is 8.36. The summed E-state index contributed by atoms with van der Waals surface area (Å²) in [5.41, 5.74) is 0. The molecule has 2 fully saturated rings. The van der Waals surface area contributed by atoms with Gasteiger partial charge in [-0.1, -0.05) is 0 Å². The van der Waals surface area contributed by atoms with Crippen molar-refractivity contribution in [3.8, 4) is 0 Å². The maximum absolute atomic E-state index is 12.9. The van der Waals surface area contributed by atoms with Crippen LogP contribution in [-0.4, -0.2) is 59.0 Å². The number of piperidine rings is 1. The Balaban J connectivity index is 1.70. The summed E-state index contributed by atoms with van der Waals surface area (Å²) >= 11 is 0. The van der Waals surface area contributed by atoms with Gasteiger partial charge in [0.15, 0.2) is 0 Å². The molecule has 1 aliphatic carbocycles. The van der Waals surface area contributed by atoms with Crippen molar-refractivity contribution in [2.45, 2.75) is 54.5 Å². The van der Waals surface area contributed by atoms with Crippen LogP contribution < -0.4 is 10.0 Å². The third-order valence-electron chi connectivity index (χ3n) is 4.65. The van der Waals surface area contributed by atoms with Gasteiger partial charge in [0.2, 0.25) is 20.0 Å². The Morgan fingerprint density at radius 3 is 2.32 bits per heavy atom. The normalized spacial score (nSPS) is 21.2. The number of sulfonamides is 2. The van der Waals surface area contributed by atoms with Gasteiger partial charge in [-0.3, -0.25) is 0 Å². The van der Waals surface area contributed by atoms with Crippen molar-refractivity contribution in [1.29, 1.82) is 0 Å². The third-order valence-corrected chi connectivity index (χ3v) is 8.07. The maximum Gasteiger partial charge on any atom is 0.407 e. The molecule has 1 aliphatic heterocycles. The van der Waals surface area contributed by atoms with Crippen molar-refractivity contribution < 1.29 is 26.4 Å². The first-order valence-electron chi connectivity index (χ1n) is 9.28. The van der Waals surface area contributed by atoms with Crippen molar-refractivity contribution >= 4 is 26.1 Å². The molecule has 28 heavy (non-hydrogen) atoms. The smallest absolute Gasteiger partial charge is 0.407 e. The van der Waals surface area contributed by atoms with E-state index in [2.05, 4.69) is 10.0 Å². The Bertz CT molecular complexity index is 911. The molecule has 0 aromatic heterocycles. The Morgan fingerprint density at radius 1 is 1.07 bits per heavy atom. The fraction of sp³-hybridized carbons (Fsp3) is 0.588. The second-order valence-electron chi connectivity index (χ2n) is 6.93. The Kier molecular flexibility index (Phi) is 6.28. The maximum atomic E-state index is 12.9. The number of benzene rings is 1. The molecule has 1 aromatic rings. The van der Waals surface area contributed by atoms with E-state index in [-0.39, 0.29) is 35.0 Å². The standard InChI is InChI=1S/C17H25N3O6S2/c1-2-26-17(21)18-14-4-3-11-20(12-14)28(24,25)16-9-7-15(8-10-16)27(22,23)19-13-5-6-13/h7-10,13-14,19H,2-6,11-12H2,1H3,(H,18,21). The van der Waals surface area contributed by atoms with Crippen molar-refractivity contribution in [3.63, 3.8) is 0 Å². The topological polar surface area (TPSA) is 122 Å². The zero-order valence-electron chi connectivity index (χ0n) is 15.6. The van der Waals surface area contributed by atoms with E-state index in [9.17, 15) is 21.6 Å². The molecule has 1 saturated carbocycles. The number of hydrogen-bond acceptors (Lipinski definition) is 6. The highest BCUT2D eigenvalue weighted by molar-refractivity contribution is 7.89. The molecule has 1 saturated heterocycles. The van der Waals surface area contributed by atoms with Crippen LogP contribution in [0.5, 0.6) is 0 Å². The summed E-state index contributed by atoms with van der Waals surface area (Å²) in [5, 5.41) is 2.67. The van der Waals surface area contributed by atoms with E-state index in [1.165, 1.54) is 28.6 Å². The first-order valence-corrected chi connectivity index (χ1v) is 12.2. The van der Waals surface area contributed by atoms with Gasteiger partial charge in [0.05, 0.1) is 16.4 Å². The van der Waals surface area contributed by atoms with E-state index in [1.807, 2.05) is 0 Å². The molecular formula is C17H25N3O6S2. The van der Waals surface area contributed by atoms with Crippen LogP contribution in [0.2, 0.25) is 0 Å². The molecule has 0 spiro atoms. The lowest BCUT2D eigenvalue weighted by molar-refractivity contribution is 0.142. The van der Waals surface area contributed by atoms with Gasteiger partial charge in [0.1, 0.15) is 0 Å². The Hall–Kier alpha value is -1.69. The van der Waals surface area contributed by atoms with Crippen molar-refractivity contribution in [1.82, 2.24) is 14.3 Å². The Labute approximate surface area is 165 Å². The van der Waals surface area contributed by atoms with Gasteiger partial charge in [-0.2, -0.15) is 4.31 Å². The summed E-state index contributed by atoms with van der Waals surface area (Å²) in [6.07, 6.45) is 2.34. The molecule has 1 amide bonds. The molecule has 2 aliphatic rings. The second-order valence-corrected chi connectivity index (χ2v) is 10.6. The van der Waals surface area contributed by atoms with E-state index in [1.54, 1.807) is 6.92 Å². The molecule has 1 heterocycles. The average Bonchev–Trinajstić information content (AvgIpc) is 3.45. The van der Waals surface area contributed by atoms with Crippen molar-refractivity contribution in [2.24, 2.45) is 0 Å². The molecular weight excluding hydrogens is 406 g/mol. The number of carbonyl (C=O) groups is 1. The van der Waals surface area contributed by atoms with Gasteiger partial charge >= 0.3 is 6.09 Å². The number of nitrogens with one attached hydrogen (secondary N) is 2. The van der Waals surface area contributed by atoms with Crippen LogP contribution in [0.15, 0.2) is 34.1 Å². The van der Waals surface area contributed by atoms with E-state index in [0.29, 0.717) is 19.4 Å².